The molecule has 2 heterocycles. The first-order valence-electron chi connectivity index (χ1n) is 7.77. The number of nitrogen functional groups attached to an aromatic ring is 1. The number of thiazole rings is 1. The molecule has 2 N–H and O–H groups in total. The molecule has 5 heteroatoms. The van der Waals surface area contributed by atoms with Crippen LogP contribution in [0, 0.1) is 0 Å². The number of likely N-dealkylation sites (tertiary alicyclic amines) is 1. The first kappa shape index (κ1) is 15.0. The summed E-state index contributed by atoms with van der Waals surface area (Å²) in [5.41, 5.74) is 8.25. The van der Waals surface area contributed by atoms with Crippen LogP contribution >= 0.6 is 11.3 Å². The van der Waals surface area contributed by atoms with Crippen LogP contribution in [-0.2, 0) is 6.42 Å². The topological polar surface area (TPSA) is 59.2 Å². The number of nitrogens with two attached hydrogens (primary N) is 1. The molecule has 0 saturated carbocycles. The predicted molar refractivity (Wildman–Crippen MR) is 90.2 cm³/mol. The standard InChI is InChI=1S/C17H21N3OS/c1-2-13-11-22-16(19-13)12-6-5-9-20(10-12)17(21)14-7-3-4-8-15(14)18/h3-4,7-8,11-12H,2,5-6,9-10,18H2,1H3. The van der Waals surface area contributed by atoms with Crippen molar-refractivity contribution in [1.82, 2.24) is 9.88 Å². The van der Waals surface area contributed by atoms with Crippen molar-refractivity contribution in [3.05, 3.63) is 45.9 Å². The SMILES string of the molecule is CCc1csc(C2CCCN(C(=O)c3ccccc3N)C2)n1. The summed E-state index contributed by atoms with van der Waals surface area (Å²) in [7, 11) is 0. The number of para-hydroxylation sites is 1. The van der Waals surface area contributed by atoms with Crippen molar-refractivity contribution in [2.45, 2.75) is 32.1 Å². The van der Waals surface area contributed by atoms with Gasteiger partial charge < -0.3 is 10.6 Å². The number of rotatable bonds is 3. The van der Waals surface area contributed by atoms with E-state index in [1.807, 2.05) is 17.0 Å². The van der Waals surface area contributed by atoms with Gasteiger partial charge in [0, 0.05) is 30.1 Å². The molecule has 1 saturated heterocycles. The maximum Gasteiger partial charge on any atom is 0.255 e. The molecule has 0 radical (unpaired) electrons. The van der Waals surface area contributed by atoms with Crippen LogP contribution in [0.4, 0.5) is 5.69 Å². The Bertz CT molecular complexity index is 667. The van der Waals surface area contributed by atoms with E-state index >= 15 is 0 Å². The molecule has 116 valence electrons. The summed E-state index contributed by atoms with van der Waals surface area (Å²) in [6, 6.07) is 7.30. The molecule has 4 nitrogen and oxygen atoms in total. The summed E-state index contributed by atoms with van der Waals surface area (Å²) in [6.45, 7) is 3.66. The third-order valence-corrected chi connectivity index (χ3v) is 5.24. The Morgan fingerprint density at radius 1 is 1.45 bits per heavy atom. The number of anilines is 1. The van der Waals surface area contributed by atoms with Crippen molar-refractivity contribution >= 4 is 22.9 Å². The summed E-state index contributed by atoms with van der Waals surface area (Å²) in [5, 5.41) is 3.29. The van der Waals surface area contributed by atoms with E-state index in [-0.39, 0.29) is 5.91 Å². The lowest BCUT2D eigenvalue weighted by Crippen LogP contribution is -2.39. The minimum Gasteiger partial charge on any atom is -0.398 e. The van der Waals surface area contributed by atoms with E-state index in [0.717, 1.165) is 43.1 Å². The van der Waals surface area contributed by atoms with Crippen LogP contribution in [0.3, 0.4) is 0 Å². The second-order valence-corrected chi connectivity index (χ2v) is 6.60. The zero-order valence-corrected chi connectivity index (χ0v) is 13.6. The van der Waals surface area contributed by atoms with E-state index in [2.05, 4.69) is 12.3 Å². The number of benzene rings is 1. The van der Waals surface area contributed by atoms with Crippen molar-refractivity contribution in [2.24, 2.45) is 0 Å². The van der Waals surface area contributed by atoms with E-state index in [9.17, 15) is 4.79 Å². The van der Waals surface area contributed by atoms with Gasteiger partial charge in [-0.15, -0.1) is 11.3 Å². The Morgan fingerprint density at radius 3 is 3.00 bits per heavy atom. The van der Waals surface area contributed by atoms with E-state index in [1.165, 1.54) is 0 Å². The van der Waals surface area contributed by atoms with Crippen molar-refractivity contribution < 1.29 is 4.79 Å². The maximum absolute atomic E-state index is 12.7. The maximum atomic E-state index is 12.7. The molecule has 2 aromatic rings. The number of amides is 1. The summed E-state index contributed by atoms with van der Waals surface area (Å²) >= 11 is 1.72. The number of nitrogens with zero attached hydrogens (tertiary/aromatic N) is 2. The molecule has 3 rings (SSSR count). The highest BCUT2D eigenvalue weighted by atomic mass is 32.1. The van der Waals surface area contributed by atoms with Gasteiger partial charge in [0.2, 0.25) is 0 Å². The number of aromatic nitrogens is 1. The van der Waals surface area contributed by atoms with Crippen molar-refractivity contribution in [2.75, 3.05) is 18.8 Å². The Morgan fingerprint density at radius 2 is 2.27 bits per heavy atom. The molecule has 1 aliphatic rings. The molecule has 1 unspecified atom stereocenters. The number of aryl methyl sites for hydroxylation is 1. The molecular weight excluding hydrogens is 294 g/mol. The average molecular weight is 315 g/mol. The monoisotopic (exact) mass is 315 g/mol. The van der Waals surface area contributed by atoms with Crippen LogP contribution in [0.1, 0.15) is 46.7 Å². The number of carbonyl (C=O) groups excluding carboxylic acids is 1. The fourth-order valence-corrected chi connectivity index (χ4v) is 3.93. The predicted octanol–water partition coefficient (Wildman–Crippen LogP) is 3.31. The van der Waals surface area contributed by atoms with Gasteiger partial charge in [-0.3, -0.25) is 4.79 Å². The second-order valence-electron chi connectivity index (χ2n) is 5.71. The molecule has 1 fully saturated rings. The first-order valence-corrected chi connectivity index (χ1v) is 8.65. The smallest absolute Gasteiger partial charge is 0.255 e. The van der Waals surface area contributed by atoms with E-state index in [4.69, 9.17) is 10.7 Å². The van der Waals surface area contributed by atoms with E-state index in [0.29, 0.717) is 17.2 Å². The second kappa shape index (κ2) is 6.48. The third-order valence-electron chi connectivity index (χ3n) is 4.18. The van der Waals surface area contributed by atoms with E-state index in [1.54, 1.807) is 23.5 Å². The lowest BCUT2D eigenvalue weighted by molar-refractivity contribution is 0.0708. The average Bonchev–Trinajstić information content (AvgIpc) is 3.04. The highest BCUT2D eigenvalue weighted by Gasteiger charge is 2.27. The number of carbonyl (C=O) groups is 1. The minimum atomic E-state index is 0.0371. The molecule has 1 aromatic carbocycles. The van der Waals surface area contributed by atoms with Gasteiger partial charge in [-0.25, -0.2) is 4.98 Å². The minimum absolute atomic E-state index is 0.0371. The lowest BCUT2D eigenvalue weighted by Gasteiger charge is -2.32. The lowest BCUT2D eigenvalue weighted by atomic mass is 9.97. The van der Waals surface area contributed by atoms with Crippen molar-refractivity contribution in [3.8, 4) is 0 Å². The van der Waals surface area contributed by atoms with E-state index < -0.39 is 0 Å². The van der Waals surface area contributed by atoms with Gasteiger partial charge in [0.15, 0.2) is 0 Å². The van der Waals surface area contributed by atoms with Crippen LogP contribution in [0.25, 0.3) is 0 Å². The van der Waals surface area contributed by atoms with Crippen molar-refractivity contribution in [3.63, 3.8) is 0 Å². The number of piperidine rings is 1. The van der Waals surface area contributed by atoms with Gasteiger partial charge in [0.25, 0.3) is 5.91 Å². The summed E-state index contributed by atoms with van der Waals surface area (Å²) in [6.07, 6.45) is 3.08. The van der Waals surface area contributed by atoms with Crippen molar-refractivity contribution in [1.29, 1.82) is 0 Å². The highest BCUT2D eigenvalue weighted by Crippen LogP contribution is 2.30. The summed E-state index contributed by atoms with van der Waals surface area (Å²) in [5.74, 6) is 0.392. The van der Waals surface area contributed by atoms with Crippen LogP contribution < -0.4 is 5.73 Å². The fraction of sp³-hybridized carbons (Fsp3) is 0.412. The molecule has 0 spiro atoms. The van der Waals surface area contributed by atoms with Crippen LogP contribution in [0.15, 0.2) is 29.6 Å². The van der Waals surface area contributed by atoms with Gasteiger partial charge in [-0.05, 0) is 31.4 Å². The summed E-state index contributed by atoms with van der Waals surface area (Å²) in [4.78, 5) is 19.3. The number of hydrogen-bond donors (Lipinski definition) is 1. The molecule has 0 aliphatic carbocycles. The van der Waals surface area contributed by atoms with Crippen LogP contribution in [0.5, 0.6) is 0 Å². The van der Waals surface area contributed by atoms with Gasteiger partial charge in [0.1, 0.15) is 0 Å². The molecule has 1 amide bonds. The normalized spacial score (nSPS) is 18.4. The van der Waals surface area contributed by atoms with Gasteiger partial charge in [0.05, 0.1) is 16.3 Å². The molecule has 1 atom stereocenters. The quantitative estimate of drug-likeness (QED) is 0.884. The van der Waals surface area contributed by atoms with Gasteiger partial charge >= 0.3 is 0 Å². The first-order chi connectivity index (χ1) is 10.7. The third kappa shape index (κ3) is 2.99. The molecule has 0 bridgehead atoms. The molecule has 1 aromatic heterocycles. The largest absolute Gasteiger partial charge is 0.398 e. The Balaban J connectivity index is 1.75. The Kier molecular flexibility index (Phi) is 4.43. The zero-order valence-electron chi connectivity index (χ0n) is 12.8. The highest BCUT2D eigenvalue weighted by molar-refractivity contribution is 7.09. The van der Waals surface area contributed by atoms with Gasteiger partial charge in [-0.1, -0.05) is 19.1 Å². The zero-order chi connectivity index (χ0) is 15.5. The number of hydrogen-bond acceptors (Lipinski definition) is 4. The molecule has 1 aliphatic heterocycles. The van der Waals surface area contributed by atoms with Crippen LogP contribution in [-0.4, -0.2) is 28.9 Å². The van der Waals surface area contributed by atoms with Gasteiger partial charge in [-0.2, -0.15) is 0 Å². The Hall–Kier alpha value is -1.88. The van der Waals surface area contributed by atoms with Crippen LogP contribution in [0.2, 0.25) is 0 Å². The molecular formula is C17H21N3OS. The Labute approximate surface area is 135 Å². The molecule has 22 heavy (non-hydrogen) atoms. The summed E-state index contributed by atoms with van der Waals surface area (Å²) < 4.78 is 0. The fourth-order valence-electron chi connectivity index (χ4n) is 2.90.